The summed E-state index contributed by atoms with van der Waals surface area (Å²) in [6.45, 7) is 1.15. The monoisotopic (exact) mass is 302 g/mol. The molecule has 1 aliphatic rings. The van der Waals surface area contributed by atoms with E-state index in [2.05, 4.69) is 15.9 Å². The molecule has 1 aliphatic heterocycles. The Morgan fingerprint density at radius 3 is 2.47 bits per heavy atom. The van der Waals surface area contributed by atoms with Gasteiger partial charge in [-0.3, -0.25) is 0 Å². The van der Waals surface area contributed by atoms with Crippen LogP contribution in [0.15, 0.2) is 18.2 Å². The lowest BCUT2D eigenvalue weighted by molar-refractivity contribution is -0.145. The Labute approximate surface area is 109 Å². The minimum atomic E-state index is -0.778. The van der Waals surface area contributed by atoms with Crippen LogP contribution in [0.3, 0.4) is 0 Å². The summed E-state index contributed by atoms with van der Waals surface area (Å²) < 4.78 is 22.0. The third-order valence-corrected chi connectivity index (χ3v) is 3.48. The Morgan fingerprint density at radius 1 is 1.24 bits per heavy atom. The molecule has 0 N–H and O–H groups in total. The van der Waals surface area contributed by atoms with Gasteiger partial charge in [-0.15, -0.1) is 0 Å². The quantitative estimate of drug-likeness (QED) is 0.800. The van der Waals surface area contributed by atoms with Crippen molar-refractivity contribution in [3.63, 3.8) is 0 Å². The third kappa shape index (κ3) is 2.27. The number of hydrogen-bond acceptors (Lipinski definition) is 4. The largest absolute Gasteiger partial charge is 0.497 e. The average molecular weight is 303 g/mol. The summed E-state index contributed by atoms with van der Waals surface area (Å²) >= 11 is 3.43. The van der Waals surface area contributed by atoms with Crippen LogP contribution >= 0.6 is 15.9 Å². The van der Waals surface area contributed by atoms with Gasteiger partial charge in [-0.05, 0) is 18.2 Å². The maximum Gasteiger partial charge on any atom is 0.208 e. The van der Waals surface area contributed by atoms with Crippen molar-refractivity contribution in [2.75, 3.05) is 32.8 Å². The van der Waals surface area contributed by atoms with Gasteiger partial charge in [0.2, 0.25) is 5.79 Å². The first-order valence-electron chi connectivity index (χ1n) is 5.32. The molecule has 0 aromatic heterocycles. The molecule has 0 radical (unpaired) electrons. The zero-order valence-electron chi connectivity index (χ0n) is 9.86. The van der Waals surface area contributed by atoms with Gasteiger partial charge >= 0.3 is 0 Å². The zero-order valence-corrected chi connectivity index (χ0v) is 11.5. The van der Waals surface area contributed by atoms with Gasteiger partial charge in [0.25, 0.3) is 0 Å². The van der Waals surface area contributed by atoms with E-state index >= 15 is 0 Å². The Balaban J connectivity index is 2.46. The van der Waals surface area contributed by atoms with E-state index < -0.39 is 5.79 Å². The molecule has 1 fully saturated rings. The van der Waals surface area contributed by atoms with Gasteiger partial charge in [0, 0.05) is 0 Å². The average Bonchev–Trinajstić information content (AvgIpc) is 2.88. The molecular formula is C12H15BrO4. The first kappa shape index (κ1) is 12.7. The van der Waals surface area contributed by atoms with Gasteiger partial charge in [0.1, 0.15) is 11.5 Å². The lowest BCUT2D eigenvalue weighted by atomic mass is 10.1. The molecule has 0 spiro atoms. The number of alkyl halides is 1. The summed E-state index contributed by atoms with van der Waals surface area (Å²) in [4.78, 5) is 0. The van der Waals surface area contributed by atoms with Gasteiger partial charge in [-0.1, -0.05) is 15.9 Å². The molecule has 5 heteroatoms. The molecule has 2 rings (SSSR count). The van der Waals surface area contributed by atoms with Crippen molar-refractivity contribution in [1.82, 2.24) is 0 Å². The van der Waals surface area contributed by atoms with Crippen molar-refractivity contribution in [3.8, 4) is 11.5 Å². The molecule has 1 aromatic carbocycles. The highest BCUT2D eigenvalue weighted by molar-refractivity contribution is 9.09. The summed E-state index contributed by atoms with van der Waals surface area (Å²) in [7, 11) is 3.25. The van der Waals surface area contributed by atoms with Crippen LogP contribution in [0.1, 0.15) is 5.56 Å². The van der Waals surface area contributed by atoms with Crippen LogP contribution in [0.5, 0.6) is 11.5 Å². The lowest BCUT2D eigenvalue weighted by Gasteiger charge is -2.27. The van der Waals surface area contributed by atoms with Gasteiger partial charge in [-0.2, -0.15) is 0 Å². The minimum absolute atomic E-state index is 0.545. The summed E-state index contributed by atoms with van der Waals surface area (Å²) in [5, 5.41) is 0.545. The first-order valence-corrected chi connectivity index (χ1v) is 6.44. The number of ether oxygens (including phenoxy) is 4. The third-order valence-electron chi connectivity index (χ3n) is 2.75. The smallest absolute Gasteiger partial charge is 0.208 e. The van der Waals surface area contributed by atoms with Gasteiger partial charge in [0.15, 0.2) is 0 Å². The topological polar surface area (TPSA) is 36.9 Å². The number of halogens is 1. The standard InChI is InChI=1S/C12H15BrO4/c1-14-9-3-4-11(15-2)10(7-9)12(8-13)16-5-6-17-12/h3-4,7H,5-6,8H2,1-2H3. The molecular weight excluding hydrogens is 288 g/mol. The van der Waals surface area contributed by atoms with E-state index in [-0.39, 0.29) is 0 Å². The molecule has 0 bridgehead atoms. The van der Waals surface area contributed by atoms with E-state index in [0.717, 1.165) is 17.1 Å². The van der Waals surface area contributed by atoms with Crippen LogP contribution < -0.4 is 9.47 Å². The normalized spacial score (nSPS) is 18.1. The van der Waals surface area contributed by atoms with Crippen LogP contribution in [0.4, 0.5) is 0 Å². The predicted octanol–water partition coefficient (Wildman–Crippen LogP) is 2.30. The van der Waals surface area contributed by atoms with Gasteiger partial charge in [-0.25, -0.2) is 0 Å². The fourth-order valence-corrected chi connectivity index (χ4v) is 2.50. The summed E-state index contributed by atoms with van der Waals surface area (Å²) in [6, 6.07) is 5.58. The highest BCUT2D eigenvalue weighted by atomic mass is 79.9. The summed E-state index contributed by atoms with van der Waals surface area (Å²) in [6.07, 6.45) is 0. The number of benzene rings is 1. The van der Waals surface area contributed by atoms with Gasteiger partial charge in [0.05, 0.1) is 38.3 Å². The predicted molar refractivity (Wildman–Crippen MR) is 66.9 cm³/mol. The molecule has 1 saturated heterocycles. The Kier molecular flexibility index (Phi) is 3.91. The van der Waals surface area contributed by atoms with Crippen molar-refractivity contribution < 1.29 is 18.9 Å². The molecule has 0 unspecified atom stereocenters. The SMILES string of the molecule is COc1ccc(OC)c(C2(CBr)OCCO2)c1. The molecule has 0 amide bonds. The minimum Gasteiger partial charge on any atom is -0.497 e. The van der Waals surface area contributed by atoms with Crippen molar-refractivity contribution >= 4 is 15.9 Å². The van der Waals surface area contributed by atoms with Crippen LogP contribution in [0.2, 0.25) is 0 Å². The van der Waals surface area contributed by atoms with E-state index in [1.54, 1.807) is 14.2 Å². The maximum atomic E-state index is 5.71. The molecule has 0 aliphatic carbocycles. The first-order chi connectivity index (χ1) is 8.25. The summed E-state index contributed by atoms with van der Waals surface area (Å²) in [5.41, 5.74) is 0.841. The van der Waals surface area contributed by atoms with Crippen molar-refractivity contribution in [2.45, 2.75) is 5.79 Å². The number of methoxy groups -OCH3 is 2. The highest BCUT2D eigenvalue weighted by Gasteiger charge is 2.40. The molecule has 1 aromatic rings. The van der Waals surface area contributed by atoms with Gasteiger partial charge < -0.3 is 18.9 Å². The zero-order chi connectivity index (χ0) is 12.3. The van der Waals surface area contributed by atoms with Crippen LogP contribution in [-0.4, -0.2) is 32.8 Å². The van der Waals surface area contributed by atoms with E-state index in [1.807, 2.05) is 18.2 Å². The lowest BCUT2D eigenvalue weighted by Crippen LogP contribution is -2.29. The molecule has 4 nitrogen and oxygen atoms in total. The molecule has 17 heavy (non-hydrogen) atoms. The Bertz CT molecular complexity index is 388. The fourth-order valence-electron chi connectivity index (χ4n) is 1.87. The number of hydrogen-bond donors (Lipinski definition) is 0. The van der Waals surface area contributed by atoms with Crippen molar-refractivity contribution in [3.05, 3.63) is 23.8 Å². The van der Waals surface area contributed by atoms with Crippen LogP contribution in [-0.2, 0) is 15.3 Å². The molecule has 0 saturated carbocycles. The second-order valence-electron chi connectivity index (χ2n) is 3.65. The highest BCUT2D eigenvalue weighted by Crippen LogP contribution is 2.40. The molecule has 94 valence electrons. The van der Waals surface area contributed by atoms with Crippen LogP contribution in [0.25, 0.3) is 0 Å². The Morgan fingerprint density at radius 2 is 1.94 bits per heavy atom. The number of rotatable bonds is 4. The van der Waals surface area contributed by atoms with E-state index in [1.165, 1.54) is 0 Å². The van der Waals surface area contributed by atoms with Crippen molar-refractivity contribution in [2.24, 2.45) is 0 Å². The Hall–Kier alpha value is -0.780. The second-order valence-corrected chi connectivity index (χ2v) is 4.21. The van der Waals surface area contributed by atoms with E-state index in [0.29, 0.717) is 18.5 Å². The van der Waals surface area contributed by atoms with Crippen LogP contribution in [0, 0.1) is 0 Å². The molecule has 0 atom stereocenters. The van der Waals surface area contributed by atoms with Crippen molar-refractivity contribution in [1.29, 1.82) is 0 Å². The summed E-state index contributed by atoms with van der Waals surface area (Å²) in [5.74, 6) is 0.701. The fraction of sp³-hybridized carbons (Fsp3) is 0.500. The molecule has 1 heterocycles. The second kappa shape index (κ2) is 5.25. The van der Waals surface area contributed by atoms with E-state index in [9.17, 15) is 0 Å². The van der Waals surface area contributed by atoms with E-state index in [4.69, 9.17) is 18.9 Å². The maximum absolute atomic E-state index is 5.71.